The molecule has 2 aromatic carbocycles. The molecule has 1 N–H and O–H groups in total. The molecule has 0 aromatic heterocycles. The zero-order valence-corrected chi connectivity index (χ0v) is 18.9. The van der Waals surface area contributed by atoms with Gasteiger partial charge in [-0.15, -0.1) is 11.8 Å². The summed E-state index contributed by atoms with van der Waals surface area (Å²) in [6.45, 7) is 2.78. The number of benzene rings is 2. The molecule has 1 amide bonds. The Hall–Kier alpha value is -2.24. The van der Waals surface area contributed by atoms with Crippen LogP contribution in [0.2, 0.25) is 0 Å². The van der Waals surface area contributed by atoms with Gasteiger partial charge in [-0.05, 0) is 36.4 Å². The summed E-state index contributed by atoms with van der Waals surface area (Å²) in [5, 5.41) is 2.86. The molecule has 2 heterocycles. The highest BCUT2D eigenvalue weighted by atomic mass is 32.2. The van der Waals surface area contributed by atoms with Gasteiger partial charge in [0.2, 0.25) is 15.9 Å². The maximum atomic E-state index is 13.2. The van der Waals surface area contributed by atoms with Crippen LogP contribution in [0.4, 0.5) is 24.5 Å². The molecule has 6 nitrogen and oxygen atoms in total. The first kappa shape index (κ1) is 22.9. The van der Waals surface area contributed by atoms with Gasteiger partial charge in [-0.3, -0.25) is 4.79 Å². The Morgan fingerprint density at radius 1 is 1.06 bits per heavy atom. The van der Waals surface area contributed by atoms with E-state index in [1.54, 1.807) is 17.0 Å². The Morgan fingerprint density at radius 3 is 2.47 bits per heavy atom. The monoisotopic (exact) mass is 485 g/mol. The summed E-state index contributed by atoms with van der Waals surface area (Å²) in [4.78, 5) is 14.7. The van der Waals surface area contributed by atoms with Crippen LogP contribution in [0.3, 0.4) is 0 Å². The summed E-state index contributed by atoms with van der Waals surface area (Å²) in [7, 11) is -3.81. The molecule has 1 atom stereocenters. The fraction of sp³-hybridized carbons (Fsp3) is 0.381. The quantitative estimate of drug-likeness (QED) is 0.711. The van der Waals surface area contributed by atoms with Crippen LogP contribution in [0.1, 0.15) is 18.9 Å². The standard InChI is InChI=1S/C21H22F3N3O3S2/c1-14-11-20(28)25-18-13-17(5-6-19(18)31-14)32(29,30)27-9-7-26(8-10-27)16-4-2-3-15(12-16)21(22,23)24/h2-6,12-14H,7-11H2,1H3,(H,25,28)/t14-/m0/s1. The number of fused-ring (bicyclic) bond motifs is 1. The molecule has 1 fully saturated rings. The number of carbonyl (C=O) groups excluding carboxylic acids is 1. The van der Waals surface area contributed by atoms with Crippen molar-refractivity contribution in [2.24, 2.45) is 0 Å². The molecule has 4 rings (SSSR count). The van der Waals surface area contributed by atoms with Crippen molar-refractivity contribution in [3.8, 4) is 0 Å². The number of nitrogens with zero attached hydrogens (tertiary/aromatic N) is 2. The van der Waals surface area contributed by atoms with Gasteiger partial charge < -0.3 is 10.2 Å². The Labute approximate surface area is 188 Å². The molecule has 0 bridgehead atoms. The summed E-state index contributed by atoms with van der Waals surface area (Å²) in [6, 6.07) is 9.75. The van der Waals surface area contributed by atoms with Gasteiger partial charge in [0.1, 0.15) is 0 Å². The number of alkyl halides is 3. The predicted molar refractivity (Wildman–Crippen MR) is 117 cm³/mol. The van der Waals surface area contributed by atoms with Gasteiger partial charge >= 0.3 is 6.18 Å². The summed E-state index contributed by atoms with van der Waals surface area (Å²) in [5.74, 6) is -0.159. The lowest BCUT2D eigenvalue weighted by atomic mass is 10.1. The van der Waals surface area contributed by atoms with Gasteiger partial charge in [0.05, 0.1) is 16.1 Å². The van der Waals surface area contributed by atoms with E-state index in [2.05, 4.69) is 5.32 Å². The second-order valence-corrected chi connectivity index (χ2v) is 11.2. The van der Waals surface area contributed by atoms with Crippen LogP contribution in [-0.2, 0) is 21.0 Å². The number of amides is 1. The van der Waals surface area contributed by atoms with Crippen molar-refractivity contribution in [2.75, 3.05) is 36.4 Å². The molecule has 0 saturated carbocycles. The van der Waals surface area contributed by atoms with Crippen molar-refractivity contribution in [3.63, 3.8) is 0 Å². The van der Waals surface area contributed by atoms with E-state index in [1.165, 1.54) is 34.3 Å². The van der Waals surface area contributed by atoms with Crippen molar-refractivity contribution in [1.29, 1.82) is 0 Å². The van der Waals surface area contributed by atoms with Crippen molar-refractivity contribution < 1.29 is 26.4 Å². The minimum Gasteiger partial charge on any atom is -0.369 e. The number of hydrogen-bond donors (Lipinski definition) is 1. The first-order valence-electron chi connectivity index (χ1n) is 10.1. The molecule has 32 heavy (non-hydrogen) atoms. The molecule has 0 spiro atoms. The van der Waals surface area contributed by atoms with Crippen LogP contribution in [0.15, 0.2) is 52.3 Å². The minimum atomic E-state index is -4.43. The number of rotatable bonds is 3. The summed E-state index contributed by atoms with van der Waals surface area (Å²) >= 11 is 1.51. The normalized spacial score (nSPS) is 20.4. The number of piperazine rings is 1. The Kier molecular flexibility index (Phi) is 6.17. The number of sulfonamides is 1. The lowest BCUT2D eigenvalue weighted by Crippen LogP contribution is -2.48. The van der Waals surface area contributed by atoms with E-state index in [0.717, 1.165) is 17.0 Å². The van der Waals surface area contributed by atoms with Gasteiger partial charge in [-0.2, -0.15) is 17.5 Å². The van der Waals surface area contributed by atoms with E-state index in [4.69, 9.17) is 0 Å². The average molecular weight is 486 g/mol. The van der Waals surface area contributed by atoms with Crippen LogP contribution in [0.5, 0.6) is 0 Å². The minimum absolute atomic E-state index is 0.0826. The average Bonchev–Trinajstić information content (AvgIpc) is 2.88. The molecule has 2 aliphatic rings. The first-order chi connectivity index (χ1) is 15.0. The highest BCUT2D eigenvalue weighted by Gasteiger charge is 2.33. The van der Waals surface area contributed by atoms with Crippen molar-refractivity contribution >= 4 is 39.1 Å². The number of anilines is 2. The maximum Gasteiger partial charge on any atom is 0.416 e. The van der Waals surface area contributed by atoms with Crippen LogP contribution < -0.4 is 10.2 Å². The molecule has 0 unspecified atom stereocenters. The Morgan fingerprint density at radius 2 is 1.78 bits per heavy atom. The van der Waals surface area contributed by atoms with Crippen molar-refractivity contribution in [1.82, 2.24) is 4.31 Å². The summed E-state index contributed by atoms with van der Waals surface area (Å²) in [6.07, 6.45) is -4.09. The molecule has 2 aromatic rings. The zero-order chi connectivity index (χ0) is 23.1. The highest BCUT2D eigenvalue weighted by Crippen LogP contribution is 2.37. The molecule has 11 heteroatoms. The maximum absolute atomic E-state index is 13.2. The second kappa shape index (κ2) is 8.60. The first-order valence-corrected chi connectivity index (χ1v) is 12.4. The largest absolute Gasteiger partial charge is 0.416 e. The predicted octanol–water partition coefficient (Wildman–Crippen LogP) is 4.04. The number of hydrogen-bond acceptors (Lipinski definition) is 5. The van der Waals surface area contributed by atoms with Gasteiger partial charge in [-0.1, -0.05) is 13.0 Å². The number of nitrogens with one attached hydrogen (secondary N) is 1. The van der Waals surface area contributed by atoms with Crippen LogP contribution in [0.25, 0.3) is 0 Å². The third-order valence-electron chi connectivity index (χ3n) is 5.44. The second-order valence-electron chi connectivity index (χ2n) is 7.78. The zero-order valence-electron chi connectivity index (χ0n) is 17.2. The van der Waals surface area contributed by atoms with Gasteiger partial charge in [0, 0.05) is 48.4 Å². The van der Waals surface area contributed by atoms with Crippen LogP contribution >= 0.6 is 11.8 Å². The fourth-order valence-electron chi connectivity index (χ4n) is 3.81. The Balaban J connectivity index is 1.50. The molecule has 2 aliphatic heterocycles. The molecule has 0 aliphatic carbocycles. The number of thioether (sulfide) groups is 1. The van der Waals surface area contributed by atoms with E-state index in [1.807, 2.05) is 6.92 Å². The summed E-state index contributed by atoms with van der Waals surface area (Å²) in [5.41, 5.74) is 0.160. The fourth-order valence-corrected chi connectivity index (χ4v) is 6.31. The molecular formula is C21H22F3N3O3S2. The van der Waals surface area contributed by atoms with Crippen LogP contribution in [-0.4, -0.2) is 50.1 Å². The SMILES string of the molecule is C[C@H]1CC(=O)Nc2cc(S(=O)(=O)N3CCN(c4cccc(C(F)(F)F)c4)CC3)ccc2S1. The van der Waals surface area contributed by atoms with Gasteiger partial charge in [0.15, 0.2) is 0 Å². The van der Waals surface area contributed by atoms with Gasteiger partial charge in [-0.25, -0.2) is 8.42 Å². The van der Waals surface area contributed by atoms with E-state index in [-0.39, 0.29) is 42.2 Å². The van der Waals surface area contributed by atoms with Crippen molar-refractivity contribution in [2.45, 2.75) is 34.6 Å². The topological polar surface area (TPSA) is 69.7 Å². The Bertz CT molecular complexity index is 1130. The van der Waals surface area contributed by atoms with Crippen molar-refractivity contribution in [3.05, 3.63) is 48.0 Å². The molecule has 0 radical (unpaired) electrons. The van der Waals surface area contributed by atoms with E-state index >= 15 is 0 Å². The lowest BCUT2D eigenvalue weighted by Gasteiger charge is -2.35. The van der Waals surface area contributed by atoms with Crippen LogP contribution in [0, 0.1) is 0 Å². The molecule has 1 saturated heterocycles. The highest BCUT2D eigenvalue weighted by molar-refractivity contribution is 8.00. The third-order valence-corrected chi connectivity index (χ3v) is 8.51. The molecular weight excluding hydrogens is 463 g/mol. The molecule has 172 valence electrons. The number of carbonyl (C=O) groups is 1. The third kappa shape index (κ3) is 4.74. The smallest absolute Gasteiger partial charge is 0.369 e. The number of halogens is 3. The summed E-state index contributed by atoms with van der Waals surface area (Å²) < 4.78 is 66.7. The lowest BCUT2D eigenvalue weighted by molar-refractivity contribution is -0.137. The van der Waals surface area contributed by atoms with E-state index < -0.39 is 21.8 Å². The van der Waals surface area contributed by atoms with Gasteiger partial charge in [0.25, 0.3) is 0 Å². The van der Waals surface area contributed by atoms with E-state index in [9.17, 15) is 26.4 Å². The van der Waals surface area contributed by atoms with E-state index in [0.29, 0.717) is 17.8 Å².